The number of hydrogen-bond donors (Lipinski definition) is 1. The van der Waals surface area contributed by atoms with Crippen molar-refractivity contribution < 1.29 is 28.6 Å². The van der Waals surface area contributed by atoms with Crippen LogP contribution in [0.1, 0.15) is 61.4 Å². The predicted octanol–water partition coefficient (Wildman–Crippen LogP) is 3.19. The number of esters is 1. The van der Waals surface area contributed by atoms with Crippen molar-refractivity contribution in [3.05, 3.63) is 47.0 Å². The Kier molecular flexibility index (Phi) is 4.67. The number of hydrogen-bond acceptors (Lipinski definition) is 6. The monoisotopic (exact) mass is 360 g/mol. The minimum Gasteiger partial charge on any atom is -0.460 e. The van der Waals surface area contributed by atoms with E-state index in [0.717, 1.165) is 0 Å². The fourth-order valence-corrected chi connectivity index (χ4v) is 3.37. The van der Waals surface area contributed by atoms with Gasteiger partial charge in [-0.05, 0) is 33.3 Å². The van der Waals surface area contributed by atoms with Crippen LogP contribution in [0.3, 0.4) is 0 Å². The number of aryl methyl sites for hydroxylation is 1. The Hall–Kier alpha value is -2.18. The first-order valence-corrected chi connectivity index (χ1v) is 8.69. The minimum atomic E-state index is -0.864. The van der Waals surface area contributed by atoms with E-state index in [2.05, 4.69) is 6.58 Å². The molecular weight excluding hydrogens is 336 g/mol. The number of rotatable bonds is 2. The standard InChI is InChI=1S/C20H24O6/c1-6-10(2)19(23)25-14-8-20(5)15(26-20)7-13(21)16-11(3)9-24-18(16)17(22)12(14)4/h6,9,13-15,21H,4,7-8H2,1-3,5H3/b10-6+/t13-,14+,15+,20+/m0/s1. The molecule has 1 aliphatic heterocycles. The molecule has 1 aromatic rings. The fourth-order valence-electron chi connectivity index (χ4n) is 3.37. The van der Waals surface area contributed by atoms with E-state index >= 15 is 0 Å². The van der Waals surface area contributed by atoms with E-state index in [-0.39, 0.29) is 17.4 Å². The van der Waals surface area contributed by atoms with Crippen molar-refractivity contribution in [2.24, 2.45) is 0 Å². The second-order valence-electron chi connectivity index (χ2n) is 7.26. The van der Waals surface area contributed by atoms with Gasteiger partial charge in [0.2, 0.25) is 5.78 Å². The van der Waals surface area contributed by atoms with Gasteiger partial charge >= 0.3 is 5.97 Å². The van der Waals surface area contributed by atoms with Crippen molar-refractivity contribution >= 4 is 11.8 Å². The van der Waals surface area contributed by atoms with Crippen molar-refractivity contribution in [2.45, 2.75) is 64.4 Å². The summed E-state index contributed by atoms with van der Waals surface area (Å²) in [6.07, 6.45) is 1.85. The van der Waals surface area contributed by atoms with Gasteiger partial charge in [-0.3, -0.25) is 4.79 Å². The predicted molar refractivity (Wildman–Crippen MR) is 93.7 cm³/mol. The first-order chi connectivity index (χ1) is 12.2. The van der Waals surface area contributed by atoms with Crippen LogP contribution in [0.15, 0.2) is 34.5 Å². The summed E-state index contributed by atoms with van der Waals surface area (Å²) in [4.78, 5) is 25.1. The lowest BCUT2D eigenvalue weighted by molar-refractivity contribution is -0.143. The lowest BCUT2D eigenvalue weighted by Crippen LogP contribution is -2.31. The summed E-state index contributed by atoms with van der Waals surface area (Å²) >= 11 is 0. The van der Waals surface area contributed by atoms with Crippen LogP contribution in [-0.4, -0.2) is 34.7 Å². The maximum absolute atomic E-state index is 12.9. The highest BCUT2D eigenvalue weighted by Crippen LogP contribution is 2.47. The van der Waals surface area contributed by atoms with Gasteiger partial charge in [0.15, 0.2) is 5.76 Å². The number of carbonyl (C=O) groups is 2. The molecule has 2 heterocycles. The van der Waals surface area contributed by atoms with Crippen LogP contribution in [0.4, 0.5) is 0 Å². The highest BCUT2D eigenvalue weighted by molar-refractivity contribution is 6.08. The number of ether oxygens (including phenoxy) is 2. The Balaban J connectivity index is 1.98. The number of epoxide rings is 1. The Morgan fingerprint density at radius 2 is 2.19 bits per heavy atom. The summed E-state index contributed by atoms with van der Waals surface area (Å²) in [6, 6.07) is 0. The molecule has 140 valence electrons. The van der Waals surface area contributed by atoms with Crippen LogP contribution in [0.25, 0.3) is 0 Å². The van der Waals surface area contributed by atoms with E-state index < -0.39 is 29.6 Å². The van der Waals surface area contributed by atoms with Gasteiger partial charge in [-0.25, -0.2) is 4.79 Å². The van der Waals surface area contributed by atoms with E-state index in [1.54, 1.807) is 26.8 Å². The molecule has 1 fully saturated rings. The molecule has 1 saturated heterocycles. The molecule has 26 heavy (non-hydrogen) atoms. The van der Waals surface area contributed by atoms with Crippen molar-refractivity contribution in [2.75, 3.05) is 0 Å². The zero-order valence-corrected chi connectivity index (χ0v) is 15.5. The highest BCUT2D eigenvalue weighted by atomic mass is 16.6. The van der Waals surface area contributed by atoms with Crippen molar-refractivity contribution in [3.63, 3.8) is 0 Å². The zero-order valence-electron chi connectivity index (χ0n) is 15.5. The van der Waals surface area contributed by atoms with Gasteiger partial charge in [-0.2, -0.15) is 0 Å². The Bertz CT molecular complexity index is 801. The van der Waals surface area contributed by atoms with Crippen LogP contribution in [0.2, 0.25) is 0 Å². The largest absolute Gasteiger partial charge is 0.460 e. The number of furan rings is 1. The van der Waals surface area contributed by atoms with Crippen LogP contribution >= 0.6 is 0 Å². The van der Waals surface area contributed by atoms with Crippen LogP contribution in [0, 0.1) is 6.92 Å². The fraction of sp³-hybridized carbons (Fsp3) is 0.500. The second-order valence-corrected chi connectivity index (χ2v) is 7.26. The van der Waals surface area contributed by atoms with E-state index in [1.165, 1.54) is 6.26 Å². The third-order valence-electron chi connectivity index (χ3n) is 5.31. The number of fused-ring (bicyclic) bond motifs is 2. The van der Waals surface area contributed by atoms with Gasteiger partial charge in [0.25, 0.3) is 0 Å². The average molecular weight is 360 g/mol. The van der Waals surface area contributed by atoms with E-state index in [9.17, 15) is 14.7 Å². The molecular formula is C20H24O6. The molecule has 1 N–H and O–H groups in total. The lowest BCUT2D eigenvalue weighted by Gasteiger charge is -2.23. The number of Topliss-reactive ketones (excluding diaryl/α,β-unsaturated/α-hetero) is 1. The summed E-state index contributed by atoms with van der Waals surface area (Å²) in [6.45, 7) is 10.9. The molecule has 0 spiro atoms. The summed E-state index contributed by atoms with van der Waals surface area (Å²) < 4.78 is 16.7. The maximum atomic E-state index is 12.9. The van der Waals surface area contributed by atoms with Gasteiger partial charge in [0, 0.05) is 29.6 Å². The molecule has 0 bridgehead atoms. The maximum Gasteiger partial charge on any atom is 0.333 e. The number of ketones is 1. The molecule has 1 aliphatic carbocycles. The number of aliphatic hydroxyl groups is 1. The third-order valence-corrected chi connectivity index (χ3v) is 5.31. The smallest absolute Gasteiger partial charge is 0.333 e. The average Bonchev–Trinajstić information content (AvgIpc) is 3.04. The van der Waals surface area contributed by atoms with Gasteiger partial charge in [-0.1, -0.05) is 12.7 Å². The minimum absolute atomic E-state index is 0.0491. The Morgan fingerprint density at radius 3 is 2.85 bits per heavy atom. The van der Waals surface area contributed by atoms with Gasteiger partial charge in [-0.15, -0.1) is 0 Å². The van der Waals surface area contributed by atoms with Gasteiger partial charge in [0.1, 0.15) is 6.10 Å². The molecule has 6 heteroatoms. The van der Waals surface area contributed by atoms with Crippen LogP contribution < -0.4 is 0 Å². The van der Waals surface area contributed by atoms with E-state index in [0.29, 0.717) is 29.5 Å². The molecule has 0 unspecified atom stereocenters. The summed E-state index contributed by atoms with van der Waals surface area (Å²) in [5.41, 5.74) is 1.13. The normalized spacial score (nSPS) is 31.9. The first kappa shape index (κ1) is 18.6. The molecule has 6 nitrogen and oxygen atoms in total. The van der Waals surface area contributed by atoms with E-state index in [1.807, 2.05) is 6.92 Å². The molecule has 3 rings (SSSR count). The molecule has 4 atom stereocenters. The van der Waals surface area contributed by atoms with Crippen molar-refractivity contribution in [1.29, 1.82) is 0 Å². The first-order valence-electron chi connectivity index (χ1n) is 8.69. The Morgan fingerprint density at radius 1 is 1.50 bits per heavy atom. The van der Waals surface area contributed by atoms with Crippen molar-refractivity contribution in [1.82, 2.24) is 0 Å². The highest BCUT2D eigenvalue weighted by Gasteiger charge is 2.55. The summed E-state index contributed by atoms with van der Waals surface area (Å²) in [5, 5.41) is 10.6. The van der Waals surface area contributed by atoms with E-state index in [4.69, 9.17) is 13.9 Å². The Labute approximate surface area is 152 Å². The molecule has 0 saturated carbocycles. The molecule has 0 aromatic carbocycles. The quantitative estimate of drug-likeness (QED) is 0.495. The molecule has 1 aromatic heterocycles. The summed E-state index contributed by atoms with van der Waals surface area (Å²) in [7, 11) is 0. The van der Waals surface area contributed by atoms with Crippen LogP contribution in [-0.2, 0) is 14.3 Å². The molecule has 0 radical (unpaired) electrons. The van der Waals surface area contributed by atoms with Gasteiger partial charge in [0.05, 0.1) is 24.1 Å². The SMILES string of the molecule is C=C1C(=O)c2occ(C)c2[C@@H](O)C[C@H]2O[C@]2(C)C[C@H]1OC(=O)/C(C)=C/C. The molecule has 0 amide bonds. The number of aliphatic hydroxyl groups excluding tert-OH is 1. The lowest BCUT2D eigenvalue weighted by atomic mass is 9.87. The number of allylic oxidation sites excluding steroid dienone is 1. The third kappa shape index (κ3) is 3.15. The van der Waals surface area contributed by atoms with Crippen molar-refractivity contribution in [3.8, 4) is 0 Å². The second kappa shape index (κ2) is 6.52. The zero-order chi connectivity index (χ0) is 19.2. The van der Waals surface area contributed by atoms with Crippen LogP contribution in [0.5, 0.6) is 0 Å². The number of carbonyl (C=O) groups excluding carboxylic acids is 2. The van der Waals surface area contributed by atoms with Gasteiger partial charge < -0.3 is 19.0 Å². The summed E-state index contributed by atoms with van der Waals surface area (Å²) in [5.74, 6) is -0.918. The molecule has 2 aliphatic rings. The topological polar surface area (TPSA) is 89.3 Å².